The van der Waals surface area contributed by atoms with Crippen molar-refractivity contribution < 1.29 is 9.50 Å². The quantitative estimate of drug-likeness (QED) is 0.474. The van der Waals surface area contributed by atoms with Crippen molar-refractivity contribution in [1.29, 1.82) is 0 Å². The standard InChI is InChI=1S/C32H41FO/c1-2-22-3-16-30(21-32(22)33)29-14-12-26(13-15-29)25-6-4-23(5-7-25)24-8-10-27(11-9-24)28-17-19-31(34)20-18-28/h3-7,12,16,21,24,27-29,31,34H,2,8-11,13-15,17-20H2,1H3. The van der Waals surface area contributed by atoms with Gasteiger partial charge >= 0.3 is 0 Å². The molecular weight excluding hydrogens is 419 g/mol. The van der Waals surface area contributed by atoms with Crippen LogP contribution in [0.5, 0.6) is 0 Å². The summed E-state index contributed by atoms with van der Waals surface area (Å²) in [6, 6.07) is 15.3. The predicted octanol–water partition coefficient (Wildman–Crippen LogP) is 8.56. The Morgan fingerprint density at radius 3 is 2.00 bits per heavy atom. The molecule has 0 aromatic heterocycles. The molecule has 1 unspecified atom stereocenters. The molecule has 3 aliphatic rings. The SMILES string of the molecule is CCc1ccc(C2CC=C(c3ccc(C4CCC(C5CCC(O)CC5)CC4)cc3)CC2)cc1F. The Bertz CT molecular complexity index is 975. The first kappa shape index (κ1) is 23.8. The van der Waals surface area contributed by atoms with Crippen LogP contribution in [0.3, 0.4) is 0 Å². The molecule has 3 aliphatic carbocycles. The molecule has 0 saturated heterocycles. The van der Waals surface area contributed by atoms with Crippen LogP contribution in [-0.2, 0) is 6.42 Å². The first-order chi connectivity index (χ1) is 16.6. The van der Waals surface area contributed by atoms with Crippen LogP contribution in [0.2, 0.25) is 0 Å². The molecule has 182 valence electrons. The lowest BCUT2D eigenvalue weighted by molar-refractivity contribution is 0.0805. The van der Waals surface area contributed by atoms with Crippen molar-refractivity contribution in [2.75, 3.05) is 0 Å². The summed E-state index contributed by atoms with van der Waals surface area (Å²) in [5.41, 5.74) is 6.31. The number of halogens is 1. The third-order valence-electron chi connectivity index (χ3n) is 9.27. The molecule has 2 aromatic rings. The summed E-state index contributed by atoms with van der Waals surface area (Å²) in [6.45, 7) is 2.01. The van der Waals surface area contributed by atoms with E-state index in [1.165, 1.54) is 55.2 Å². The second-order valence-corrected chi connectivity index (χ2v) is 11.2. The summed E-state index contributed by atoms with van der Waals surface area (Å²) >= 11 is 0. The number of hydrogen-bond donors (Lipinski definition) is 1. The van der Waals surface area contributed by atoms with Gasteiger partial charge in [0.05, 0.1) is 6.10 Å². The molecule has 0 spiro atoms. The Labute approximate surface area is 205 Å². The van der Waals surface area contributed by atoms with Gasteiger partial charge in [-0.25, -0.2) is 4.39 Å². The average molecular weight is 461 g/mol. The van der Waals surface area contributed by atoms with E-state index in [2.05, 4.69) is 36.4 Å². The first-order valence-electron chi connectivity index (χ1n) is 13.9. The Kier molecular flexibility index (Phi) is 7.54. The van der Waals surface area contributed by atoms with Crippen LogP contribution in [0.1, 0.15) is 112 Å². The van der Waals surface area contributed by atoms with Gasteiger partial charge in [-0.3, -0.25) is 0 Å². The van der Waals surface area contributed by atoms with Crippen molar-refractivity contribution in [1.82, 2.24) is 0 Å². The lowest BCUT2D eigenvalue weighted by Gasteiger charge is -2.37. The lowest BCUT2D eigenvalue weighted by Crippen LogP contribution is -2.27. The molecule has 2 heteroatoms. The van der Waals surface area contributed by atoms with E-state index in [0.717, 1.165) is 61.5 Å². The highest BCUT2D eigenvalue weighted by Crippen LogP contribution is 2.43. The van der Waals surface area contributed by atoms with Crippen LogP contribution in [0, 0.1) is 17.7 Å². The zero-order valence-electron chi connectivity index (χ0n) is 20.8. The van der Waals surface area contributed by atoms with Crippen molar-refractivity contribution in [2.45, 2.75) is 102 Å². The number of rotatable bonds is 5. The number of allylic oxidation sites excluding steroid dienone is 2. The molecule has 0 heterocycles. The fourth-order valence-electron chi connectivity index (χ4n) is 6.97. The van der Waals surface area contributed by atoms with Crippen molar-refractivity contribution in [3.8, 4) is 0 Å². The van der Waals surface area contributed by atoms with E-state index in [-0.39, 0.29) is 11.9 Å². The molecule has 34 heavy (non-hydrogen) atoms. The second kappa shape index (κ2) is 10.8. The molecule has 0 radical (unpaired) electrons. The zero-order valence-corrected chi connectivity index (χ0v) is 20.8. The summed E-state index contributed by atoms with van der Waals surface area (Å²) in [6.07, 6.45) is 16.2. The van der Waals surface area contributed by atoms with E-state index in [9.17, 15) is 9.50 Å². The van der Waals surface area contributed by atoms with Gasteiger partial charge in [-0.05, 0) is 135 Å². The third kappa shape index (κ3) is 5.33. The summed E-state index contributed by atoms with van der Waals surface area (Å²) < 4.78 is 14.2. The third-order valence-corrected chi connectivity index (χ3v) is 9.27. The number of hydrogen-bond acceptors (Lipinski definition) is 1. The Hall–Kier alpha value is -1.93. The van der Waals surface area contributed by atoms with Crippen LogP contribution < -0.4 is 0 Å². The zero-order chi connectivity index (χ0) is 23.5. The van der Waals surface area contributed by atoms with E-state index in [1.54, 1.807) is 6.07 Å². The largest absolute Gasteiger partial charge is 0.393 e. The number of aliphatic hydroxyl groups excluding tert-OH is 1. The molecular formula is C32H41FO. The second-order valence-electron chi connectivity index (χ2n) is 11.2. The topological polar surface area (TPSA) is 20.2 Å². The highest BCUT2D eigenvalue weighted by atomic mass is 19.1. The van der Waals surface area contributed by atoms with E-state index in [4.69, 9.17) is 0 Å². The summed E-state index contributed by atoms with van der Waals surface area (Å²) in [5, 5.41) is 9.81. The minimum absolute atomic E-state index is 0.0355. The molecule has 1 atom stereocenters. The molecule has 0 bridgehead atoms. The van der Waals surface area contributed by atoms with Crippen LogP contribution in [-0.4, -0.2) is 11.2 Å². The van der Waals surface area contributed by atoms with Crippen LogP contribution >= 0.6 is 0 Å². The van der Waals surface area contributed by atoms with Crippen molar-refractivity contribution in [2.24, 2.45) is 11.8 Å². The lowest BCUT2D eigenvalue weighted by atomic mass is 9.69. The average Bonchev–Trinajstić information content (AvgIpc) is 2.89. The van der Waals surface area contributed by atoms with Gasteiger partial charge in [0, 0.05) is 0 Å². The molecule has 1 N–H and O–H groups in total. The maximum atomic E-state index is 14.2. The fourth-order valence-corrected chi connectivity index (χ4v) is 6.97. The van der Waals surface area contributed by atoms with Crippen molar-refractivity contribution in [3.63, 3.8) is 0 Å². The number of aryl methyl sites for hydroxylation is 1. The highest BCUT2D eigenvalue weighted by molar-refractivity contribution is 5.67. The van der Waals surface area contributed by atoms with Crippen LogP contribution in [0.4, 0.5) is 4.39 Å². The monoisotopic (exact) mass is 460 g/mol. The molecule has 5 rings (SSSR count). The smallest absolute Gasteiger partial charge is 0.126 e. The van der Waals surface area contributed by atoms with Gasteiger partial charge in [0.15, 0.2) is 0 Å². The first-order valence-corrected chi connectivity index (χ1v) is 13.9. The van der Waals surface area contributed by atoms with E-state index in [1.807, 2.05) is 13.0 Å². The molecule has 2 saturated carbocycles. The minimum atomic E-state index is -0.0445. The van der Waals surface area contributed by atoms with Gasteiger partial charge in [0.2, 0.25) is 0 Å². The normalized spacial score (nSPS) is 30.1. The maximum Gasteiger partial charge on any atom is 0.126 e. The van der Waals surface area contributed by atoms with Crippen molar-refractivity contribution in [3.05, 3.63) is 76.6 Å². The predicted molar refractivity (Wildman–Crippen MR) is 139 cm³/mol. The summed E-state index contributed by atoms with van der Waals surface area (Å²) in [4.78, 5) is 0. The maximum absolute atomic E-state index is 14.2. The van der Waals surface area contributed by atoms with Gasteiger partial charge in [0.25, 0.3) is 0 Å². The minimum Gasteiger partial charge on any atom is -0.393 e. The highest BCUT2D eigenvalue weighted by Gasteiger charge is 2.30. The van der Waals surface area contributed by atoms with Crippen molar-refractivity contribution >= 4 is 5.57 Å². The molecule has 2 fully saturated rings. The van der Waals surface area contributed by atoms with Gasteiger partial charge in [0.1, 0.15) is 5.82 Å². The number of aliphatic hydroxyl groups is 1. The van der Waals surface area contributed by atoms with Crippen LogP contribution in [0.15, 0.2) is 48.5 Å². The van der Waals surface area contributed by atoms with E-state index in [0.29, 0.717) is 11.8 Å². The van der Waals surface area contributed by atoms with Gasteiger partial charge in [-0.15, -0.1) is 0 Å². The Balaban J connectivity index is 1.15. The fraction of sp³-hybridized carbons (Fsp3) is 0.562. The molecule has 0 amide bonds. The number of benzene rings is 2. The molecule has 0 aliphatic heterocycles. The van der Waals surface area contributed by atoms with Crippen LogP contribution in [0.25, 0.3) is 5.57 Å². The van der Waals surface area contributed by atoms with Gasteiger partial charge in [-0.1, -0.05) is 49.4 Å². The summed E-state index contributed by atoms with van der Waals surface area (Å²) in [5.74, 6) is 2.85. The summed E-state index contributed by atoms with van der Waals surface area (Å²) in [7, 11) is 0. The van der Waals surface area contributed by atoms with E-state index < -0.39 is 0 Å². The van der Waals surface area contributed by atoms with Gasteiger partial charge < -0.3 is 5.11 Å². The Morgan fingerprint density at radius 1 is 0.765 bits per heavy atom. The molecule has 2 aromatic carbocycles. The molecule has 1 nitrogen and oxygen atoms in total. The Morgan fingerprint density at radius 2 is 1.41 bits per heavy atom. The van der Waals surface area contributed by atoms with E-state index >= 15 is 0 Å². The van der Waals surface area contributed by atoms with Gasteiger partial charge in [-0.2, -0.15) is 0 Å².